The molecule has 6 fully saturated rings. The van der Waals surface area contributed by atoms with Crippen LogP contribution in [0.3, 0.4) is 0 Å². The lowest BCUT2D eigenvalue weighted by Crippen LogP contribution is -2.66. The Morgan fingerprint density at radius 1 is 0.837 bits per heavy atom. The maximum Gasteiger partial charge on any atom is 0.331 e. The second-order valence-corrected chi connectivity index (χ2v) is 16.4. The van der Waals surface area contributed by atoms with Gasteiger partial charge in [0, 0.05) is 17.9 Å². The van der Waals surface area contributed by atoms with Gasteiger partial charge in [0.15, 0.2) is 12.6 Å². The normalized spacial score (nSPS) is 56.0. The number of hydrogen-bond donors (Lipinski definition) is 8. The second-order valence-electron chi connectivity index (χ2n) is 16.4. The van der Waals surface area contributed by atoms with Crippen molar-refractivity contribution in [1.82, 2.24) is 0 Å². The Bertz CT molecular complexity index is 1280. The van der Waals surface area contributed by atoms with Crippen molar-refractivity contribution >= 4 is 5.97 Å². The Morgan fingerprint density at radius 3 is 2.29 bits per heavy atom. The maximum absolute atomic E-state index is 12.5. The molecule has 14 heteroatoms. The van der Waals surface area contributed by atoms with Gasteiger partial charge in [-0.1, -0.05) is 13.8 Å². The summed E-state index contributed by atoms with van der Waals surface area (Å²) in [4.78, 5) is 11.9. The maximum atomic E-state index is 12.5. The fraction of sp³-hybridized carbons (Fsp3) is 0.914. The molecule has 2 saturated heterocycles. The largest absolute Gasteiger partial charge is 0.458 e. The molecule has 0 amide bonds. The molecule has 0 aromatic carbocycles. The number of fused-ring (bicyclic) bond motifs is 5. The first-order valence-electron chi connectivity index (χ1n) is 18.0. The van der Waals surface area contributed by atoms with Crippen LogP contribution in [0.15, 0.2) is 11.6 Å². The second kappa shape index (κ2) is 13.0. The molecule has 19 unspecified atom stereocenters. The van der Waals surface area contributed by atoms with Crippen LogP contribution in [-0.2, 0) is 28.5 Å². The van der Waals surface area contributed by atoms with Crippen molar-refractivity contribution < 1.29 is 69.3 Å². The third-order valence-corrected chi connectivity index (χ3v) is 14.3. The number of rotatable bonds is 6. The molecule has 0 aromatic heterocycles. The summed E-state index contributed by atoms with van der Waals surface area (Å²) in [5.74, 6) is -0.0892. The van der Waals surface area contributed by atoms with Crippen molar-refractivity contribution in [3.8, 4) is 0 Å². The highest BCUT2D eigenvalue weighted by molar-refractivity contribution is 5.85. The summed E-state index contributed by atoms with van der Waals surface area (Å²) < 4.78 is 29.0. The van der Waals surface area contributed by atoms with E-state index in [4.69, 9.17) is 23.7 Å². The van der Waals surface area contributed by atoms with Crippen LogP contribution in [0.2, 0.25) is 0 Å². The molecule has 8 N–H and O–H groups in total. The third kappa shape index (κ3) is 5.56. The summed E-state index contributed by atoms with van der Waals surface area (Å²) in [7, 11) is 0. The predicted octanol–water partition coefficient (Wildman–Crippen LogP) is -0.749. The Hall–Kier alpha value is -1.27. The molecule has 14 nitrogen and oxygen atoms in total. The van der Waals surface area contributed by atoms with Crippen molar-refractivity contribution in [1.29, 1.82) is 0 Å². The van der Waals surface area contributed by atoms with E-state index in [-0.39, 0.29) is 42.7 Å². The minimum absolute atomic E-state index is 0.00118. The van der Waals surface area contributed by atoms with E-state index in [9.17, 15) is 45.6 Å². The van der Waals surface area contributed by atoms with Crippen molar-refractivity contribution in [3.05, 3.63) is 11.6 Å². The Balaban J connectivity index is 1.06. The molecule has 49 heavy (non-hydrogen) atoms. The van der Waals surface area contributed by atoms with E-state index in [2.05, 4.69) is 13.8 Å². The summed E-state index contributed by atoms with van der Waals surface area (Å²) in [6, 6.07) is 0. The first-order chi connectivity index (χ1) is 23.1. The fourth-order valence-electron chi connectivity index (χ4n) is 11.3. The zero-order valence-electron chi connectivity index (χ0n) is 28.4. The molecule has 7 aliphatic rings. The molecular weight excluding hydrogens is 644 g/mol. The van der Waals surface area contributed by atoms with Gasteiger partial charge in [-0.3, -0.25) is 0 Å². The molecule has 4 aliphatic carbocycles. The molecule has 7 rings (SSSR count). The molecule has 19 atom stereocenters. The number of carbonyl (C=O) groups is 1. The average Bonchev–Trinajstić information content (AvgIpc) is 3.61. The topological polar surface area (TPSA) is 225 Å². The molecule has 0 aromatic rings. The number of carbonyl (C=O) groups excluding carboxylic acids is 1. The van der Waals surface area contributed by atoms with Crippen LogP contribution in [0, 0.1) is 34.5 Å². The summed E-state index contributed by atoms with van der Waals surface area (Å²) in [6.07, 6.45) is -8.43. The van der Waals surface area contributed by atoms with E-state index in [1.54, 1.807) is 13.0 Å². The molecule has 0 bridgehead atoms. The summed E-state index contributed by atoms with van der Waals surface area (Å²) in [6.45, 7) is 5.51. The minimum Gasteiger partial charge on any atom is -0.458 e. The van der Waals surface area contributed by atoms with E-state index < -0.39 is 96.7 Å². The number of ether oxygens (including phenoxy) is 5. The van der Waals surface area contributed by atoms with Gasteiger partial charge in [0.2, 0.25) is 0 Å². The van der Waals surface area contributed by atoms with Gasteiger partial charge in [0.05, 0.1) is 30.5 Å². The number of esters is 1. The van der Waals surface area contributed by atoms with Gasteiger partial charge in [-0.05, 0) is 86.5 Å². The first kappa shape index (κ1) is 36.1. The van der Waals surface area contributed by atoms with Crippen LogP contribution in [-0.4, -0.2) is 139 Å². The van der Waals surface area contributed by atoms with Crippen LogP contribution in [0.25, 0.3) is 0 Å². The van der Waals surface area contributed by atoms with E-state index in [0.717, 1.165) is 37.7 Å². The third-order valence-electron chi connectivity index (χ3n) is 14.3. The lowest BCUT2D eigenvalue weighted by Gasteiger charge is -2.64. The van der Waals surface area contributed by atoms with Crippen molar-refractivity contribution in [2.75, 3.05) is 13.2 Å². The highest BCUT2D eigenvalue weighted by atomic mass is 16.8. The van der Waals surface area contributed by atoms with Gasteiger partial charge in [-0.15, -0.1) is 0 Å². The quantitative estimate of drug-likeness (QED) is 0.126. The molecule has 3 heterocycles. The Kier molecular flexibility index (Phi) is 9.57. The van der Waals surface area contributed by atoms with E-state index in [0.29, 0.717) is 12.8 Å². The van der Waals surface area contributed by atoms with E-state index >= 15 is 0 Å². The van der Waals surface area contributed by atoms with Crippen LogP contribution in [0.5, 0.6) is 0 Å². The van der Waals surface area contributed by atoms with E-state index in [1.807, 2.05) is 0 Å². The smallest absolute Gasteiger partial charge is 0.331 e. The SMILES string of the molecule is CC1OC(OC2CC(O)C3(C)C(CCC4C3CCC3(C)C(C5=CC(=O)OC5)CCC43O)C2)C(OC2OC(CO)C(O)C(O)C2O)C(O)C1O. The fourth-order valence-corrected chi connectivity index (χ4v) is 11.3. The van der Waals surface area contributed by atoms with Crippen LogP contribution in [0.4, 0.5) is 0 Å². The van der Waals surface area contributed by atoms with Gasteiger partial charge >= 0.3 is 5.97 Å². The van der Waals surface area contributed by atoms with Gasteiger partial charge in [-0.2, -0.15) is 0 Å². The minimum atomic E-state index is -1.73. The highest BCUT2D eigenvalue weighted by Crippen LogP contribution is 2.70. The molecule has 0 spiro atoms. The summed E-state index contributed by atoms with van der Waals surface area (Å²) >= 11 is 0. The molecule has 278 valence electrons. The highest BCUT2D eigenvalue weighted by Gasteiger charge is 2.69. The Morgan fingerprint density at radius 2 is 1.59 bits per heavy atom. The van der Waals surface area contributed by atoms with Gasteiger partial charge < -0.3 is 64.5 Å². The Labute approximate surface area is 285 Å². The van der Waals surface area contributed by atoms with Crippen LogP contribution < -0.4 is 0 Å². The van der Waals surface area contributed by atoms with Crippen molar-refractivity contribution in [3.63, 3.8) is 0 Å². The molecular formula is C35H54O14. The summed E-state index contributed by atoms with van der Waals surface area (Å²) in [5, 5.41) is 86.8. The average molecular weight is 699 g/mol. The predicted molar refractivity (Wildman–Crippen MR) is 167 cm³/mol. The number of aliphatic hydroxyl groups excluding tert-OH is 7. The van der Waals surface area contributed by atoms with Gasteiger partial charge in [0.25, 0.3) is 0 Å². The monoisotopic (exact) mass is 698 g/mol. The van der Waals surface area contributed by atoms with Crippen molar-refractivity contribution in [2.45, 2.75) is 151 Å². The lowest BCUT2D eigenvalue weighted by atomic mass is 9.42. The lowest BCUT2D eigenvalue weighted by molar-refractivity contribution is -0.371. The number of hydrogen-bond acceptors (Lipinski definition) is 14. The standard InChI is InChI=1S/C35H54O14/c1-15-25(39)28(42)30(49-31-29(43)27(41)26(40)22(13-36)48-31)32(46-15)47-18-11-17-4-5-21-20(34(17,3)23(37)12-18)6-8-33(2)19(7-9-35(21,33)44)16-10-24(38)45-14-16/h10,15,17-23,25-32,36-37,39-44H,4-9,11-14H2,1-3H3. The molecule has 4 saturated carbocycles. The van der Waals surface area contributed by atoms with Gasteiger partial charge in [0.1, 0.15) is 49.3 Å². The van der Waals surface area contributed by atoms with E-state index in [1.165, 1.54) is 0 Å². The summed E-state index contributed by atoms with van der Waals surface area (Å²) in [5.41, 5.74) is -0.817. The molecule has 3 aliphatic heterocycles. The number of cyclic esters (lactones) is 1. The van der Waals surface area contributed by atoms with Crippen molar-refractivity contribution in [2.24, 2.45) is 34.5 Å². The number of aliphatic hydroxyl groups is 8. The zero-order valence-corrected chi connectivity index (χ0v) is 28.4. The van der Waals surface area contributed by atoms with Gasteiger partial charge in [-0.25, -0.2) is 4.79 Å². The first-order valence-corrected chi connectivity index (χ1v) is 18.0. The molecule has 0 radical (unpaired) electrons. The zero-order chi connectivity index (χ0) is 35.2. The van der Waals surface area contributed by atoms with Crippen LogP contribution in [0.1, 0.15) is 72.1 Å². The van der Waals surface area contributed by atoms with Crippen LogP contribution >= 0.6 is 0 Å².